The van der Waals surface area contributed by atoms with E-state index >= 15 is 0 Å². The lowest BCUT2D eigenvalue weighted by atomic mass is 9.83. The molecule has 0 saturated heterocycles. The van der Waals surface area contributed by atoms with Crippen LogP contribution in [0.4, 0.5) is 10.5 Å². The topological polar surface area (TPSA) is 70.6 Å². The predicted molar refractivity (Wildman–Crippen MR) is 89.2 cm³/mol. The van der Waals surface area contributed by atoms with Gasteiger partial charge in [-0.2, -0.15) is 0 Å². The summed E-state index contributed by atoms with van der Waals surface area (Å²) in [6.45, 7) is 1.92. The lowest BCUT2D eigenvalue weighted by Crippen LogP contribution is -2.31. The van der Waals surface area contributed by atoms with E-state index in [1.54, 1.807) is 0 Å². The van der Waals surface area contributed by atoms with Crippen molar-refractivity contribution in [2.24, 2.45) is 5.92 Å². The molecule has 2 amide bonds. The smallest absolute Gasteiger partial charge is 0.319 e. The summed E-state index contributed by atoms with van der Waals surface area (Å²) in [6.07, 6.45) is 6.16. The van der Waals surface area contributed by atoms with E-state index in [1.807, 2.05) is 18.2 Å². The molecular weight excluding hydrogens is 292 g/mol. The van der Waals surface area contributed by atoms with Crippen LogP contribution < -0.4 is 10.6 Å². The molecule has 5 heteroatoms. The highest BCUT2D eigenvalue weighted by molar-refractivity contribution is 5.89. The molecule has 1 aromatic rings. The number of rotatable bonds is 5. The maximum absolute atomic E-state index is 11.9. The van der Waals surface area contributed by atoms with Crippen molar-refractivity contribution in [3.63, 3.8) is 0 Å². The summed E-state index contributed by atoms with van der Waals surface area (Å²) in [5.41, 5.74) is 3.14. The molecule has 2 aliphatic rings. The fraction of sp³-hybridized carbons (Fsp3) is 0.611. The van der Waals surface area contributed by atoms with Crippen molar-refractivity contribution in [3.05, 3.63) is 29.3 Å². The summed E-state index contributed by atoms with van der Waals surface area (Å²) in [6, 6.07) is 5.71. The average Bonchev–Trinajstić information content (AvgIpc) is 3.01. The first-order valence-corrected chi connectivity index (χ1v) is 8.65. The number of amides is 2. The van der Waals surface area contributed by atoms with Crippen LogP contribution >= 0.6 is 0 Å². The second kappa shape index (κ2) is 7.79. The number of nitrogens with one attached hydrogen (secondary N) is 2. The maximum atomic E-state index is 11.9. The SMILES string of the molecule is O=C(NCCCC1CCCCC1O)Nc1ccc2c(c1)COC2. The van der Waals surface area contributed by atoms with Crippen molar-refractivity contribution < 1.29 is 14.6 Å². The fourth-order valence-corrected chi connectivity index (χ4v) is 3.52. The summed E-state index contributed by atoms with van der Waals surface area (Å²) in [7, 11) is 0. The van der Waals surface area contributed by atoms with Crippen molar-refractivity contribution in [2.75, 3.05) is 11.9 Å². The largest absolute Gasteiger partial charge is 0.393 e. The van der Waals surface area contributed by atoms with Crippen LogP contribution in [0.2, 0.25) is 0 Å². The Labute approximate surface area is 137 Å². The second-order valence-corrected chi connectivity index (χ2v) is 6.61. The zero-order chi connectivity index (χ0) is 16.1. The van der Waals surface area contributed by atoms with Gasteiger partial charge in [-0.15, -0.1) is 0 Å². The van der Waals surface area contributed by atoms with Crippen LogP contribution in [-0.4, -0.2) is 23.8 Å². The van der Waals surface area contributed by atoms with Gasteiger partial charge in [-0.25, -0.2) is 4.79 Å². The standard InChI is InChI=1S/C18H26N2O3/c21-17-6-2-1-4-13(17)5-3-9-19-18(22)20-16-8-7-14-11-23-12-15(14)10-16/h7-8,10,13,17,21H,1-6,9,11-12H2,(H2,19,20,22). The normalized spacial score (nSPS) is 23.3. The number of carbonyl (C=O) groups is 1. The third kappa shape index (κ3) is 4.45. The number of fused-ring (bicyclic) bond motifs is 1. The van der Waals surface area contributed by atoms with Gasteiger partial charge >= 0.3 is 6.03 Å². The Morgan fingerprint density at radius 3 is 2.91 bits per heavy atom. The predicted octanol–water partition coefficient (Wildman–Crippen LogP) is 3.17. The molecule has 0 bridgehead atoms. The number of urea groups is 1. The van der Waals surface area contributed by atoms with Crippen molar-refractivity contribution in [1.29, 1.82) is 0 Å². The molecule has 1 heterocycles. The summed E-state index contributed by atoms with van der Waals surface area (Å²) in [5, 5.41) is 15.7. The summed E-state index contributed by atoms with van der Waals surface area (Å²) in [4.78, 5) is 11.9. The molecule has 0 radical (unpaired) electrons. The summed E-state index contributed by atoms with van der Waals surface area (Å²) in [5.74, 6) is 0.408. The Morgan fingerprint density at radius 1 is 1.22 bits per heavy atom. The number of anilines is 1. The van der Waals surface area contributed by atoms with E-state index in [1.165, 1.54) is 12.0 Å². The molecule has 0 spiro atoms. The maximum Gasteiger partial charge on any atom is 0.319 e. The van der Waals surface area contributed by atoms with Gasteiger partial charge in [-0.05, 0) is 54.9 Å². The van der Waals surface area contributed by atoms with Crippen LogP contribution in [0.3, 0.4) is 0 Å². The second-order valence-electron chi connectivity index (χ2n) is 6.61. The quantitative estimate of drug-likeness (QED) is 0.730. The molecule has 2 unspecified atom stereocenters. The Hall–Kier alpha value is -1.59. The molecule has 1 aliphatic heterocycles. The molecule has 23 heavy (non-hydrogen) atoms. The molecule has 1 fully saturated rings. The van der Waals surface area contributed by atoms with Crippen LogP contribution in [0, 0.1) is 5.92 Å². The minimum atomic E-state index is -0.173. The molecule has 2 atom stereocenters. The molecule has 1 aliphatic carbocycles. The zero-order valence-corrected chi connectivity index (χ0v) is 13.5. The average molecular weight is 318 g/mol. The molecule has 1 saturated carbocycles. The first-order valence-electron chi connectivity index (χ1n) is 8.65. The summed E-state index contributed by atoms with van der Waals surface area (Å²) < 4.78 is 5.37. The number of hydrogen-bond acceptors (Lipinski definition) is 3. The Balaban J connectivity index is 1.36. The van der Waals surface area contributed by atoms with E-state index in [9.17, 15) is 9.90 Å². The van der Waals surface area contributed by atoms with Crippen molar-refractivity contribution >= 4 is 11.7 Å². The number of benzene rings is 1. The van der Waals surface area contributed by atoms with Crippen LogP contribution in [0.15, 0.2) is 18.2 Å². The van der Waals surface area contributed by atoms with E-state index in [0.29, 0.717) is 25.7 Å². The summed E-state index contributed by atoms with van der Waals surface area (Å²) >= 11 is 0. The number of ether oxygens (including phenoxy) is 1. The van der Waals surface area contributed by atoms with Gasteiger partial charge in [0.05, 0.1) is 19.3 Å². The fourth-order valence-electron chi connectivity index (χ4n) is 3.52. The number of aliphatic hydroxyl groups is 1. The minimum Gasteiger partial charge on any atom is -0.393 e. The minimum absolute atomic E-state index is 0.147. The van der Waals surface area contributed by atoms with Crippen LogP contribution in [-0.2, 0) is 18.0 Å². The van der Waals surface area contributed by atoms with Crippen molar-refractivity contribution in [2.45, 2.75) is 57.8 Å². The highest BCUT2D eigenvalue weighted by Gasteiger charge is 2.22. The Kier molecular flexibility index (Phi) is 5.51. The lowest BCUT2D eigenvalue weighted by Gasteiger charge is -2.27. The molecule has 126 valence electrons. The van der Waals surface area contributed by atoms with Crippen LogP contribution in [0.25, 0.3) is 0 Å². The molecular formula is C18H26N2O3. The van der Waals surface area contributed by atoms with E-state index in [4.69, 9.17) is 4.74 Å². The molecule has 3 rings (SSSR count). The lowest BCUT2D eigenvalue weighted by molar-refractivity contribution is 0.0644. The highest BCUT2D eigenvalue weighted by Crippen LogP contribution is 2.27. The van der Waals surface area contributed by atoms with Gasteiger partial charge in [0.25, 0.3) is 0 Å². The Bertz CT molecular complexity index is 547. The van der Waals surface area contributed by atoms with Crippen molar-refractivity contribution in [3.8, 4) is 0 Å². The first-order chi connectivity index (χ1) is 11.2. The van der Waals surface area contributed by atoms with E-state index < -0.39 is 0 Å². The Morgan fingerprint density at radius 2 is 2.04 bits per heavy atom. The van der Waals surface area contributed by atoms with Gasteiger partial charge in [0, 0.05) is 12.2 Å². The van der Waals surface area contributed by atoms with Gasteiger partial charge in [-0.3, -0.25) is 0 Å². The van der Waals surface area contributed by atoms with Gasteiger partial charge in [0.2, 0.25) is 0 Å². The number of carbonyl (C=O) groups excluding carboxylic acids is 1. The van der Waals surface area contributed by atoms with Crippen LogP contribution in [0.5, 0.6) is 0 Å². The molecule has 1 aromatic carbocycles. The van der Waals surface area contributed by atoms with Crippen LogP contribution in [0.1, 0.15) is 49.7 Å². The number of aliphatic hydroxyl groups excluding tert-OH is 1. The number of hydrogen-bond donors (Lipinski definition) is 3. The van der Waals surface area contributed by atoms with Gasteiger partial charge in [0.15, 0.2) is 0 Å². The highest BCUT2D eigenvalue weighted by atomic mass is 16.5. The third-order valence-electron chi connectivity index (χ3n) is 4.89. The molecule has 5 nitrogen and oxygen atoms in total. The van der Waals surface area contributed by atoms with Gasteiger partial charge in [0.1, 0.15) is 0 Å². The van der Waals surface area contributed by atoms with E-state index in [2.05, 4.69) is 10.6 Å². The third-order valence-corrected chi connectivity index (χ3v) is 4.89. The first kappa shape index (κ1) is 16.3. The monoisotopic (exact) mass is 318 g/mol. The van der Waals surface area contributed by atoms with Gasteiger partial charge in [-0.1, -0.05) is 18.9 Å². The molecule has 0 aromatic heterocycles. The van der Waals surface area contributed by atoms with E-state index in [-0.39, 0.29) is 12.1 Å². The van der Waals surface area contributed by atoms with Crippen molar-refractivity contribution in [1.82, 2.24) is 5.32 Å². The van der Waals surface area contributed by atoms with E-state index in [0.717, 1.165) is 43.4 Å². The molecule has 3 N–H and O–H groups in total. The zero-order valence-electron chi connectivity index (χ0n) is 13.5. The van der Waals surface area contributed by atoms with Gasteiger partial charge < -0.3 is 20.5 Å².